The fraction of sp³-hybridized carbons (Fsp3) is 0.529. The average molecular weight is 317 g/mol. The molecule has 1 fully saturated rings. The summed E-state index contributed by atoms with van der Waals surface area (Å²) in [5.74, 6) is 2.17. The Bertz CT molecular complexity index is 644. The van der Waals surface area contributed by atoms with Gasteiger partial charge in [-0.25, -0.2) is 0 Å². The number of methoxy groups -OCH3 is 1. The maximum Gasteiger partial charge on any atom is 0.244 e. The van der Waals surface area contributed by atoms with Crippen LogP contribution in [0.5, 0.6) is 5.75 Å². The summed E-state index contributed by atoms with van der Waals surface area (Å²) in [6.07, 6.45) is 2.23. The number of aryl methyl sites for hydroxylation is 2. The van der Waals surface area contributed by atoms with Crippen LogP contribution in [0.1, 0.15) is 36.2 Å². The van der Waals surface area contributed by atoms with E-state index in [9.17, 15) is 5.11 Å². The Labute approximate surface area is 136 Å². The van der Waals surface area contributed by atoms with Crippen LogP contribution in [0, 0.1) is 6.92 Å². The van der Waals surface area contributed by atoms with Gasteiger partial charge in [0.25, 0.3) is 0 Å². The van der Waals surface area contributed by atoms with Gasteiger partial charge < -0.3 is 14.4 Å². The molecular weight excluding hydrogens is 294 g/mol. The van der Waals surface area contributed by atoms with Crippen molar-refractivity contribution < 1.29 is 14.4 Å². The molecule has 0 saturated carbocycles. The monoisotopic (exact) mass is 317 g/mol. The minimum Gasteiger partial charge on any atom is -0.496 e. The van der Waals surface area contributed by atoms with E-state index in [2.05, 4.69) is 21.1 Å². The molecule has 2 atom stereocenters. The smallest absolute Gasteiger partial charge is 0.244 e. The van der Waals surface area contributed by atoms with Crippen LogP contribution in [0.3, 0.4) is 0 Å². The van der Waals surface area contributed by atoms with Crippen molar-refractivity contribution >= 4 is 0 Å². The van der Waals surface area contributed by atoms with E-state index in [1.807, 2.05) is 25.1 Å². The highest BCUT2D eigenvalue weighted by Crippen LogP contribution is 2.31. The molecule has 1 aromatic carbocycles. The van der Waals surface area contributed by atoms with E-state index in [-0.39, 0.29) is 12.1 Å². The average Bonchev–Trinajstić information content (AvgIpc) is 3.13. The molecule has 0 radical (unpaired) electrons. The van der Waals surface area contributed by atoms with Crippen molar-refractivity contribution in [3.63, 3.8) is 0 Å². The summed E-state index contributed by atoms with van der Waals surface area (Å²) in [5, 5.41) is 13.8. The third-order valence-electron chi connectivity index (χ3n) is 4.29. The zero-order valence-electron chi connectivity index (χ0n) is 13.6. The minimum atomic E-state index is -0.335. The zero-order valence-corrected chi connectivity index (χ0v) is 13.6. The van der Waals surface area contributed by atoms with Gasteiger partial charge in [0.2, 0.25) is 5.89 Å². The van der Waals surface area contributed by atoms with Crippen LogP contribution in [0.2, 0.25) is 0 Å². The minimum absolute atomic E-state index is 0.0175. The standard InChI is InChI=1S/C17H23N3O3/c1-12-18-17(23-19-12)15-10-14(21)11-20(15)9-5-7-13-6-3-4-8-16(13)22-2/h3-4,6,8,14-15,21H,5,7,9-11H2,1-2H3/t14-,15-/m1/s1. The summed E-state index contributed by atoms with van der Waals surface area (Å²) in [6, 6.07) is 8.10. The third-order valence-corrected chi connectivity index (χ3v) is 4.29. The number of aliphatic hydroxyl groups is 1. The molecule has 0 bridgehead atoms. The second kappa shape index (κ2) is 7.10. The molecule has 124 valence electrons. The molecule has 1 aliphatic rings. The lowest BCUT2D eigenvalue weighted by Gasteiger charge is -2.21. The van der Waals surface area contributed by atoms with Crippen molar-refractivity contribution in [2.24, 2.45) is 0 Å². The number of para-hydroxylation sites is 1. The molecule has 0 aliphatic carbocycles. The lowest BCUT2D eigenvalue weighted by Crippen LogP contribution is -2.26. The number of rotatable bonds is 6. The normalized spacial score (nSPS) is 21.7. The molecule has 1 saturated heterocycles. The first kappa shape index (κ1) is 16.0. The van der Waals surface area contributed by atoms with Crippen molar-refractivity contribution in [3.05, 3.63) is 41.5 Å². The maximum atomic E-state index is 9.99. The molecule has 2 heterocycles. The first-order valence-electron chi connectivity index (χ1n) is 8.01. The lowest BCUT2D eigenvalue weighted by atomic mass is 10.1. The molecule has 23 heavy (non-hydrogen) atoms. The molecule has 0 amide bonds. The van der Waals surface area contributed by atoms with Gasteiger partial charge in [-0.15, -0.1) is 0 Å². The highest BCUT2D eigenvalue weighted by Gasteiger charge is 2.35. The number of hydrogen-bond donors (Lipinski definition) is 1. The highest BCUT2D eigenvalue weighted by atomic mass is 16.5. The summed E-state index contributed by atoms with van der Waals surface area (Å²) in [6.45, 7) is 3.34. The number of benzene rings is 1. The van der Waals surface area contributed by atoms with Crippen LogP contribution in [0.4, 0.5) is 0 Å². The van der Waals surface area contributed by atoms with Gasteiger partial charge in [-0.05, 0) is 44.4 Å². The van der Waals surface area contributed by atoms with E-state index in [0.717, 1.165) is 25.1 Å². The van der Waals surface area contributed by atoms with Crippen molar-refractivity contribution in [1.29, 1.82) is 0 Å². The molecule has 1 aromatic heterocycles. The van der Waals surface area contributed by atoms with E-state index in [0.29, 0.717) is 24.7 Å². The third kappa shape index (κ3) is 3.71. The van der Waals surface area contributed by atoms with Crippen LogP contribution < -0.4 is 4.74 Å². The molecule has 1 aliphatic heterocycles. The highest BCUT2D eigenvalue weighted by molar-refractivity contribution is 5.33. The summed E-state index contributed by atoms with van der Waals surface area (Å²) < 4.78 is 10.7. The molecule has 1 N–H and O–H groups in total. The number of likely N-dealkylation sites (tertiary alicyclic amines) is 1. The Morgan fingerprint density at radius 3 is 2.96 bits per heavy atom. The molecule has 0 unspecified atom stereocenters. The summed E-state index contributed by atoms with van der Waals surface area (Å²) in [4.78, 5) is 6.55. The molecule has 0 spiro atoms. The fourth-order valence-electron chi connectivity index (χ4n) is 3.21. The first-order valence-corrected chi connectivity index (χ1v) is 8.01. The fourth-order valence-corrected chi connectivity index (χ4v) is 3.21. The van der Waals surface area contributed by atoms with Crippen molar-refractivity contribution in [3.8, 4) is 5.75 Å². The van der Waals surface area contributed by atoms with Gasteiger partial charge in [0, 0.05) is 6.54 Å². The Kier molecular flexibility index (Phi) is 4.93. The van der Waals surface area contributed by atoms with Gasteiger partial charge in [-0.3, -0.25) is 4.90 Å². The molecule has 6 nitrogen and oxygen atoms in total. The molecule has 3 rings (SSSR count). The van der Waals surface area contributed by atoms with Crippen LogP contribution in [-0.2, 0) is 6.42 Å². The number of aliphatic hydroxyl groups excluding tert-OH is 1. The number of β-amino-alcohol motifs (C(OH)–C–C–N with tert-alkyl or cyclic N) is 1. The van der Waals surface area contributed by atoms with Gasteiger partial charge in [-0.1, -0.05) is 23.4 Å². The van der Waals surface area contributed by atoms with Gasteiger partial charge in [0.1, 0.15) is 5.75 Å². The van der Waals surface area contributed by atoms with E-state index >= 15 is 0 Å². The number of aromatic nitrogens is 2. The number of hydrogen-bond acceptors (Lipinski definition) is 6. The van der Waals surface area contributed by atoms with Crippen molar-refractivity contribution in [2.75, 3.05) is 20.2 Å². The molecule has 2 aromatic rings. The Hall–Kier alpha value is -1.92. The summed E-state index contributed by atoms with van der Waals surface area (Å²) >= 11 is 0. The first-order chi connectivity index (χ1) is 11.2. The number of nitrogens with zero attached hydrogens (tertiary/aromatic N) is 3. The SMILES string of the molecule is COc1ccccc1CCCN1C[C@H](O)C[C@@H]1c1nc(C)no1. The predicted octanol–water partition coefficient (Wildman–Crippen LogP) is 2.13. The Morgan fingerprint density at radius 2 is 2.22 bits per heavy atom. The maximum absolute atomic E-state index is 9.99. The summed E-state index contributed by atoms with van der Waals surface area (Å²) in [7, 11) is 1.70. The van der Waals surface area contributed by atoms with Crippen LogP contribution in [0.15, 0.2) is 28.8 Å². The van der Waals surface area contributed by atoms with Crippen molar-refractivity contribution in [2.45, 2.75) is 38.3 Å². The van der Waals surface area contributed by atoms with Gasteiger partial charge in [-0.2, -0.15) is 4.98 Å². The van der Waals surface area contributed by atoms with E-state index in [1.54, 1.807) is 7.11 Å². The molecular formula is C17H23N3O3. The van der Waals surface area contributed by atoms with Gasteiger partial charge in [0.15, 0.2) is 5.82 Å². The Morgan fingerprint density at radius 1 is 1.39 bits per heavy atom. The second-order valence-electron chi connectivity index (χ2n) is 6.00. The molecule has 6 heteroatoms. The van der Waals surface area contributed by atoms with Crippen LogP contribution in [-0.4, -0.2) is 46.5 Å². The quantitative estimate of drug-likeness (QED) is 0.880. The van der Waals surface area contributed by atoms with Gasteiger partial charge >= 0.3 is 0 Å². The topological polar surface area (TPSA) is 71.6 Å². The van der Waals surface area contributed by atoms with Crippen LogP contribution in [0.25, 0.3) is 0 Å². The van der Waals surface area contributed by atoms with Crippen LogP contribution >= 0.6 is 0 Å². The Balaban J connectivity index is 1.60. The zero-order chi connectivity index (χ0) is 16.2. The van der Waals surface area contributed by atoms with Gasteiger partial charge in [0.05, 0.1) is 19.3 Å². The van der Waals surface area contributed by atoms with Crippen molar-refractivity contribution in [1.82, 2.24) is 15.0 Å². The van der Waals surface area contributed by atoms with E-state index in [1.165, 1.54) is 5.56 Å². The summed E-state index contributed by atoms with van der Waals surface area (Å²) in [5.41, 5.74) is 1.21. The number of ether oxygens (including phenoxy) is 1. The lowest BCUT2D eigenvalue weighted by molar-refractivity contribution is 0.172. The van der Waals surface area contributed by atoms with E-state index in [4.69, 9.17) is 9.26 Å². The van der Waals surface area contributed by atoms with E-state index < -0.39 is 0 Å². The largest absolute Gasteiger partial charge is 0.496 e. The second-order valence-corrected chi connectivity index (χ2v) is 6.00. The predicted molar refractivity (Wildman–Crippen MR) is 85.3 cm³/mol.